The van der Waals surface area contributed by atoms with Crippen LogP contribution in [0.5, 0.6) is 17.2 Å². The first-order chi connectivity index (χ1) is 13.2. The highest BCUT2D eigenvalue weighted by Crippen LogP contribution is 2.29. The number of ether oxygens (including phenoxy) is 3. The Morgan fingerprint density at radius 2 is 1.75 bits per heavy atom. The minimum Gasteiger partial charge on any atom is -0.457 e. The van der Waals surface area contributed by atoms with Crippen molar-refractivity contribution in [2.45, 2.75) is 18.5 Å². The molecule has 2 heterocycles. The first kappa shape index (κ1) is 18.4. The second kappa shape index (κ2) is 6.57. The maximum absolute atomic E-state index is 12.2. The van der Waals surface area contributed by atoms with Crippen LogP contribution < -0.4 is 15.2 Å². The Labute approximate surface area is 155 Å². The van der Waals surface area contributed by atoms with Crippen molar-refractivity contribution in [3.05, 3.63) is 52.9 Å². The van der Waals surface area contributed by atoms with Gasteiger partial charge in [0, 0.05) is 6.07 Å². The predicted molar refractivity (Wildman–Crippen MR) is 91.5 cm³/mol. The van der Waals surface area contributed by atoms with Crippen LogP contribution >= 0.6 is 0 Å². The number of aliphatic hydroxyl groups is 1. The fourth-order valence-electron chi connectivity index (χ4n) is 2.93. The van der Waals surface area contributed by atoms with Gasteiger partial charge in [-0.05, 0) is 36.4 Å². The van der Waals surface area contributed by atoms with Gasteiger partial charge in [-0.3, -0.25) is 4.57 Å². The maximum atomic E-state index is 12.2. The number of hydrogen-bond acceptors (Lipinski definition) is 5. The van der Waals surface area contributed by atoms with Crippen molar-refractivity contribution in [1.82, 2.24) is 9.55 Å². The third kappa shape index (κ3) is 3.82. The third-order valence-corrected chi connectivity index (χ3v) is 4.23. The lowest BCUT2D eigenvalue weighted by atomic mass is 10.0. The molecule has 1 aromatic heterocycles. The molecule has 148 valence electrons. The molecular weight excluding hydrogens is 381 g/mol. The van der Waals surface area contributed by atoms with Gasteiger partial charge < -0.3 is 24.3 Å². The molecular formula is C18H15F3N2O5. The fourth-order valence-corrected chi connectivity index (χ4v) is 2.93. The molecule has 0 aliphatic carbocycles. The van der Waals surface area contributed by atoms with Gasteiger partial charge in [-0.15, -0.1) is 13.2 Å². The molecule has 0 amide bonds. The van der Waals surface area contributed by atoms with E-state index in [2.05, 4.69) is 9.72 Å². The van der Waals surface area contributed by atoms with Gasteiger partial charge in [0.05, 0.1) is 30.8 Å². The molecule has 0 saturated carbocycles. The van der Waals surface area contributed by atoms with Crippen molar-refractivity contribution in [3.8, 4) is 17.2 Å². The van der Waals surface area contributed by atoms with E-state index in [1.165, 1.54) is 16.7 Å². The predicted octanol–water partition coefficient (Wildman–Crippen LogP) is 2.78. The fraction of sp³-hybridized carbons (Fsp3) is 0.278. The molecule has 1 saturated heterocycles. The zero-order valence-corrected chi connectivity index (χ0v) is 14.3. The lowest BCUT2D eigenvalue weighted by Crippen LogP contribution is -2.53. The zero-order chi connectivity index (χ0) is 19.9. The number of fused-ring (bicyclic) bond motifs is 1. The number of rotatable bonds is 5. The van der Waals surface area contributed by atoms with Gasteiger partial charge in [-0.2, -0.15) is 0 Å². The van der Waals surface area contributed by atoms with E-state index in [4.69, 9.17) is 9.47 Å². The van der Waals surface area contributed by atoms with Crippen LogP contribution in [0, 0.1) is 0 Å². The van der Waals surface area contributed by atoms with E-state index in [0.29, 0.717) is 22.5 Å². The quantitative estimate of drug-likeness (QED) is 0.693. The summed E-state index contributed by atoms with van der Waals surface area (Å²) in [6.07, 6.45) is -4.76. The number of halogens is 3. The van der Waals surface area contributed by atoms with Crippen LogP contribution in [0.2, 0.25) is 0 Å². The molecule has 2 N–H and O–H groups in total. The van der Waals surface area contributed by atoms with Crippen LogP contribution in [0.1, 0.15) is 0 Å². The molecule has 3 aromatic rings. The highest BCUT2D eigenvalue weighted by atomic mass is 19.4. The van der Waals surface area contributed by atoms with E-state index in [-0.39, 0.29) is 31.2 Å². The number of nitrogens with zero attached hydrogens (tertiary/aromatic N) is 1. The monoisotopic (exact) mass is 396 g/mol. The molecule has 2 aromatic carbocycles. The van der Waals surface area contributed by atoms with Crippen LogP contribution in [-0.2, 0) is 11.3 Å². The molecule has 0 unspecified atom stereocenters. The molecule has 0 spiro atoms. The molecule has 1 fully saturated rings. The minimum atomic E-state index is -4.76. The number of nitrogens with one attached hydrogen (secondary N) is 1. The number of benzene rings is 2. The minimum absolute atomic E-state index is 0.104. The summed E-state index contributed by atoms with van der Waals surface area (Å²) in [6.45, 7) is 0.440. The summed E-state index contributed by atoms with van der Waals surface area (Å²) in [5, 5.41) is 10.2. The normalized spacial score (nSPS) is 16.0. The molecule has 0 bridgehead atoms. The van der Waals surface area contributed by atoms with E-state index in [9.17, 15) is 23.1 Å². The molecule has 7 nitrogen and oxygen atoms in total. The summed E-state index contributed by atoms with van der Waals surface area (Å²) < 4.78 is 52.4. The van der Waals surface area contributed by atoms with Gasteiger partial charge in [0.25, 0.3) is 0 Å². The van der Waals surface area contributed by atoms with Crippen molar-refractivity contribution >= 4 is 11.0 Å². The molecule has 10 heteroatoms. The third-order valence-electron chi connectivity index (χ3n) is 4.23. The van der Waals surface area contributed by atoms with Crippen molar-refractivity contribution in [2.75, 3.05) is 13.2 Å². The summed E-state index contributed by atoms with van der Waals surface area (Å²) in [5.74, 6) is 0.335. The Bertz CT molecular complexity index is 1050. The topological polar surface area (TPSA) is 85.7 Å². The summed E-state index contributed by atoms with van der Waals surface area (Å²) in [6, 6.07) is 9.83. The number of imidazole rings is 1. The highest BCUT2D eigenvalue weighted by molar-refractivity contribution is 5.77. The second-order valence-electron chi connectivity index (χ2n) is 6.53. The van der Waals surface area contributed by atoms with E-state index in [0.717, 1.165) is 12.1 Å². The number of H-pyrrole nitrogens is 1. The first-order valence-corrected chi connectivity index (χ1v) is 8.27. The van der Waals surface area contributed by atoms with Crippen molar-refractivity contribution in [3.63, 3.8) is 0 Å². The average molecular weight is 396 g/mol. The lowest BCUT2D eigenvalue weighted by molar-refractivity contribution is -0.274. The van der Waals surface area contributed by atoms with Gasteiger partial charge in [-0.1, -0.05) is 0 Å². The molecule has 28 heavy (non-hydrogen) atoms. The number of aromatic nitrogens is 2. The van der Waals surface area contributed by atoms with Crippen LogP contribution in [-0.4, -0.2) is 39.8 Å². The highest BCUT2D eigenvalue weighted by Gasteiger charge is 2.37. The Hall–Kier alpha value is -2.98. The molecule has 0 atom stereocenters. The van der Waals surface area contributed by atoms with Gasteiger partial charge in [0.15, 0.2) is 0 Å². The maximum Gasteiger partial charge on any atom is 0.573 e. The smallest absolute Gasteiger partial charge is 0.457 e. The Balaban J connectivity index is 1.53. The summed E-state index contributed by atoms with van der Waals surface area (Å²) in [7, 11) is 0. The van der Waals surface area contributed by atoms with Gasteiger partial charge in [0.1, 0.15) is 22.8 Å². The van der Waals surface area contributed by atoms with Crippen LogP contribution in [0.3, 0.4) is 0 Å². The molecule has 0 radical (unpaired) electrons. The summed E-state index contributed by atoms with van der Waals surface area (Å²) >= 11 is 0. The lowest BCUT2D eigenvalue weighted by Gasteiger charge is -2.36. The second-order valence-corrected chi connectivity index (χ2v) is 6.53. The SMILES string of the molecule is O=c1[nH]c2cc(Oc3ccc(OC(F)(F)F)cc3)ccc2n1CC1(O)COC1. The molecule has 1 aliphatic rings. The summed E-state index contributed by atoms with van der Waals surface area (Å²) in [4.78, 5) is 14.9. The van der Waals surface area contributed by atoms with Crippen LogP contribution in [0.25, 0.3) is 11.0 Å². The van der Waals surface area contributed by atoms with Crippen molar-refractivity contribution in [1.29, 1.82) is 0 Å². The van der Waals surface area contributed by atoms with E-state index < -0.39 is 12.0 Å². The summed E-state index contributed by atoms with van der Waals surface area (Å²) in [5.41, 5.74) is -0.343. The first-order valence-electron chi connectivity index (χ1n) is 8.27. The van der Waals surface area contributed by atoms with E-state index in [1.807, 2.05) is 0 Å². The Kier molecular flexibility index (Phi) is 4.31. The molecule has 4 rings (SSSR count). The van der Waals surface area contributed by atoms with E-state index in [1.54, 1.807) is 18.2 Å². The largest absolute Gasteiger partial charge is 0.573 e. The molecule has 1 aliphatic heterocycles. The van der Waals surface area contributed by atoms with Gasteiger partial charge in [-0.25, -0.2) is 4.79 Å². The number of aromatic amines is 1. The Morgan fingerprint density at radius 3 is 2.36 bits per heavy atom. The number of hydrogen-bond donors (Lipinski definition) is 2. The number of alkyl halides is 3. The van der Waals surface area contributed by atoms with Crippen molar-refractivity contribution < 1.29 is 32.5 Å². The zero-order valence-electron chi connectivity index (χ0n) is 14.3. The van der Waals surface area contributed by atoms with Crippen molar-refractivity contribution in [2.24, 2.45) is 0 Å². The van der Waals surface area contributed by atoms with E-state index >= 15 is 0 Å². The van der Waals surface area contributed by atoms with Gasteiger partial charge in [0.2, 0.25) is 0 Å². The van der Waals surface area contributed by atoms with Crippen LogP contribution in [0.4, 0.5) is 13.2 Å². The van der Waals surface area contributed by atoms with Crippen LogP contribution in [0.15, 0.2) is 47.3 Å². The average Bonchev–Trinajstić information content (AvgIpc) is 2.89. The van der Waals surface area contributed by atoms with Gasteiger partial charge >= 0.3 is 12.1 Å². The standard InChI is InChI=1S/C18H15F3N2O5/c19-18(20,21)28-12-3-1-11(2-4-12)27-13-5-6-15-14(7-13)22-16(24)23(15)8-17(25)9-26-10-17/h1-7,25H,8-10H2,(H,22,24). The Morgan fingerprint density at radius 1 is 1.11 bits per heavy atom.